The zero-order valence-electron chi connectivity index (χ0n) is 16.8. The molecular weight excluding hydrogens is 340 g/mol. The summed E-state index contributed by atoms with van der Waals surface area (Å²) in [6.45, 7) is 7.74. The lowest BCUT2D eigenvalue weighted by Crippen LogP contribution is -2.38. The van der Waals surface area contributed by atoms with Crippen LogP contribution in [-0.4, -0.2) is 31.7 Å². The number of hydrogen-bond acceptors (Lipinski definition) is 4. The molecule has 0 saturated carbocycles. The highest BCUT2D eigenvalue weighted by Crippen LogP contribution is 2.18. The van der Waals surface area contributed by atoms with Crippen molar-refractivity contribution < 1.29 is 9.47 Å². The minimum absolute atomic E-state index is 0.115. The molecule has 1 atom stereocenters. The Balaban J connectivity index is 1.87. The van der Waals surface area contributed by atoms with Crippen LogP contribution < -0.4 is 20.1 Å². The topological polar surface area (TPSA) is 67.8 Å². The van der Waals surface area contributed by atoms with Gasteiger partial charge in [-0.15, -0.1) is 0 Å². The van der Waals surface area contributed by atoms with Crippen LogP contribution in [0.3, 0.4) is 0 Å². The van der Waals surface area contributed by atoms with E-state index in [0.717, 1.165) is 23.9 Å². The molecule has 27 heavy (non-hydrogen) atoms. The third kappa shape index (κ3) is 6.81. The highest BCUT2D eigenvalue weighted by Gasteiger charge is 2.08. The number of guanidine groups is 1. The second-order valence-corrected chi connectivity index (χ2v) is 6.77. The van der Waals surface area contributed by atoms with Gasteiger partial charge in [0.1, 0.15) is 5.75 Å². The fourth-order valence-electron chi connectivity index (χ4n) is 2.42. The summed E-state index contributed by atoms with van der Waals surface area (Å²) >= 11 is 0. The normalized spacial score (nSPS) is 12.6. The standard InChI is InChI=1S/C21H30N4O2/c1-15(2)14-27-19-9-7-18(8-10-19)16(3)25-21(22-4)24-13-17-6-11-20(26-5)23-12-17/h6-12,15-16H,13-14H2,1-5H3,(H2,22,24,25). The van der Waals surface area contributed by atoms with Crippen molar-refractivity contribution >= 4 is 5.96 Å². The first kappa shape index (κ1) is 20.6. The largest absolute Gasteiger partial charge is 0.493 e. The number of aromatic nitrogens is 1. The smallest absolute Gasteiger partial charge is 0.212 e. The third-order valence-corrected chi connectivity index (χ3v) is 4.01. The van der Waals surface area contributed by atoms with Crippen molar-refractivity contribution in [2.45, 2.75) is 33.4 Å². The average Bonchev–Trinajstić information content (AvgIpc) is 2.70. The molecule has 1 unspecified atom stereocenters. The van der Waals surface area contributed by atoms with Crippen LogP contribution in [-0.2, 0) is 6.54 Å². The van der Waals surface area contributed by atoms with Gasteiger partial charge in [-0.05, 0) is 36.1 Å². The molecule has 0 saturated heterocycles. The van der Waals surface area contributed by atoms with Crippen LogP contribution in [0.15, 0.2) is 47.6 Å². The van der Waals surface area contributed by atoms with Gasteiger partial charge in [-0.1, -0.05) is 32.0 Å². The number of nitrogens with zero attached hydrogens (tertiary/aromatic N) is 2. The van der Waals surface area contributed by atoms with Crippen LogP contribution in [0.25, 0.3) is 0 Å². The third-order valence-electron chi connectivity index (χ3n) is 4.01. The Morgan fingerprint density at radius 2 is 1.85 bits per heavy atom. The molecule has 6 nitrogen and oxygen atoms in total. The molecule has 1 aromatic heterocycles. The van der Waals surface area contributed by atoms with Gasteiger partial charge in [-0.3, -0.25) is 4.99 Å². The van der Waals surface area contributed by atoms with Crippen molar-refractivity contribution in [2.24, 2.45) is 10.9 Å². The number of aliphatic imine (C=N–C) groups is 1. The van der Waals surface area contributed by atoms with Crippen molar-refractivity contribution in [1.82, 2.24) is 15.6 Å². The number of hydrogen-bond donors (Lipinski definition) is 2. The molecule has 0 fully saturated rings. The zero-order chi connectivity index (χ0) is 19.6. The van der Waals surface area contributed by atoms with Crippen LogP contribution in [0.2, 0.25) is 0 Å². The molecule has 0 aliphatic carbocycles. The number of nitrogens with one attached hydrogen (secondary N) is 2. The maximum Gasteiger partial charge on any atom is 0.212 e. The van der Waals surface area contributed by atoms with E-state index >= 15 is 0 Å². The van der Waals surface area contributed by atoms with Crippen LogP contribution in [0, 0.1) is 5.92 Å². The first-order valence-electron chi connectivity index (χ1n) is 9.20. The van der Waals surface area contributed by atoms with Crippen LogP contribution in [0.1, 0.15) is 37.9 Å². The molecule has 2 N–H and O–H groups in total. The molecule has 6 heteroatoms. The summed E-state index contributed by atoms with van der Waals surface area (Å²) in [4.78, 5) is 8.50. The minimum atomic E-state index is 0.115. The van der Waals surface area contributed by atoms with E-state index in [-0.39, 0.29) is 6.04 Å². The number of ether oxygens (including phenoxy) is 2. The van der Waals surface area contributed by atoms with Gasteiger partial charge >= 0.3 is 0 Å². The zero-order valence-corrected chi connectivity index (χ0v) is 16.8. The fourth-order valence-corrected chi connectivity index (χ4v) is 2.42. The Morgan fingerprint density at radius 3 is 2.41 bits per heavy atom. The molecule has 146 valence electrons. The quantitative estimate of drug-likeness (QED) is 0.549. The van der Waals surface area contributed by atoms with Gasteiger partial charge in [-0.2, -0.15) is 0 Å². The summed E-state index contributed by atoms with van der Waals surface area (Å²) < 4.78 is 10.8. The van der Waals surface area contributed by atoms with E-state index in [9.17, 15) is 0 Å². The Hall–Kier alpha value is -2.76. The molecule has 0 radical (unpaired) electrons. The van der Waals surface area contributed by atoms with E-state index in [1.54, 1.807) is 20.4 Å². The summed E-state index contributed by atoms with van der Waals surface area (Å²) in [5.41, 5.74) is 2.22. The highest BCUT2D eigenvalue weighted by atomic mass is 16.5. The van der Waals surface area contributed by atoms with Crippen LogP contribution in [0.5, 0.6) is 11.6 Å². The summed E-state index contributed by atoms with van der Waals surface area (Å²) in [6.07, 6.45) is 1.79. The summed E-state index contributed by atoms with van der Waals surface area (Å²) in [5.74, 6) is 2.75. The molecule has 0 amide bonds. The maximum absolute atomic E-state index is 5.74. The van der Waals surface area contributed by atoms with E-state index in [0.29, 0.717) is 18.3 Å². The van der Waals surface area contributed by atoms with E-state index in [2.05, 4.69) is 53.5 Å². The van der Waals surface area contributed by atoms with Gasteiger partial charge in [0.2, 0.25) is 5.88 Å². The average molecular weight is 370 g/mol. The van der Waals surface area contributed by atoms with Crippen molar-refractivity contribution in [3.8, 4) is 11.6 Å². The first-order valence-corrected chi connectivity index (χ1v) is 9.20. The number of pyridine rings is 1. The van der Waals surface area contributed by atoms with Gasteiger partial charge in [-0.25, -0.2) is 4.98 Å². The molecular formula is C21H30N4O2. The van der Waals surface area contributed by atoms with Crippen LogP contribution >= 0.6 is 0 Å². The van der Waals surface area contributed by atoms with E-state index in [4.69, 9.17) is 9.47 Å². The lowest BCUT2D eigenvalue weighted by molar-refractivity contribution is 0.271. The van der Waals surface area contributed by atoms with Crippen molar-refractivity contribution in [3.05, 3.63) is 53.7 Å². The highest BCUT2D eigenvalue weighted by molar-refractivity contribution is 5.80. The Morgan fingerprint density at radius 1 is 1.11 bits per heavy atom. The lowest BCUT2D eigenvalue weighted by Gasteiger charge is -2.19. The van der Waals surface area contributed by atoms with E-state index < -0.39 is 0 Å². The van der Waals surface area contributed by atoms with Gasteiger partial charge in [0.05, 0.1) is 19.8 Å². The summed E-state index contributed by atoms with van der Waals surface area (Å²) in [5, 5.41) is 6.70. The molecule has 1 heterocycles. The van der Waals surface area contributed by atoms with Crippen molar-refractivity contribution in [2.75, 3.05) is 20.8 Å². The van der Waals surface area contributed by atoms with Crippen molar-refractivity contribution in [1.29, 1.82) is 0 Å². The predicted molar refractivity (Wildman–Crippen MR) is 109 cm³/mol. The van der Waals surface area contributed by atoms with Crippen molar-refractivity contribution in [3.63, 3.8) is 0 Å². The molecule has 2 aromatic rings. The monoisotopic (exact) mass is 370 g/mol. The number of rotatable bonds is 8. The molecule has 2 rings (SSSR count). The summed E-state index contributed by atoms with van der Waals surface area (Å²) in [7, 11) is 3.37. The Bertz CT molecular complexity index is 712. The molecule has 0 aliphatic heterocycles. The Labute approximate surface area is 162 Å². The van der Waals surface area contributed by atoms with Gasteiger partial charge in [0.25, 0.3) is 0 Å². The molecule has 0 bridgehead atoms. The first-order chi connectivity index (χ1) is 13.0. The molecule has 1 aromatic carbocycles. The Kier molecular flexibility index (Phi) is 7.92. The van der Waals surface area contributed by atoms with E-state index in [1.807, 2.05) is 24.3 Å². The second-order valence-electron chi connectivity index (χ2n) is 6.77. The number of benzene rings is 1. The number of methoxy groups -OCH3 is 1. The SMILES string of the molecule is CN=C(NCc1ccc(OC)nc1)NC(C)c1ccc(OCC(C)C)cc1. The van der Waals surface area contributed by atoms with E-state index in [1.165, 1.54) is 5.56 Å². The maximum atomic E-state index is 5.74. The van der Waals surface area contributed by atoms with Gasteiger partial charge < -0.3 is 20.1 Å². The molecule has 0 spiro atoms. The van der Waals surface area contributed by atoms with Gasteiger partial charge in [0, 0.05) is 25.9 Å². The van der Waals surface area contributed by atoms with Gasteiger partial charge in [0.15, 0.2) is 5.96 Å². The second kappa shape index (κ2) is 10.4. The minimum Gasteiger partial charge on any atom is -0.493 e. The predicted octanol–water partition coefficient (Wildman–Crippen LogP) is 3.55. The molecule has 0 aliphatic rings. The lowest BCUT2D eigenvalue weighted by atomic mass is 10.1. The fraction of sp³-hybridized carbons (Fsp3) is 0.429. The summed E-state index contributed by atoms with van der Waals surface area (Å²) in [6, 6.07) is 12.1. The van der Waals surface area contributed by atoms with Crippen LogP contribution in [0.4, 0.5) is 0 Å².